The maximum atomic E-state index is 3.73. The molecule has 1 saturated heterocycles. The molecule has 2 N–H and O–H groups in total. The molecule has 0 aliphatic carbocycles. The fourth-order valence-corrected chi connectivity index (χ4v) is 2.70. The molecule has 2 heteroatoms. The zero-order chi connectivity index (χ0) is 13.1. The lowest BCUT2D eigenvalue weighted by molar-refractivity contribution is 0.673. The van der Waals surface area contributed by atoms with Gasteiger partial charge >= 0.3 is 0 Å². The van der Waals surface area contributed by atoms with Gasteiger partial charge in [0.2, 0.25) is 0 Å². The number of para-hydroxylation sites is 1. The summed E-state index contributed by atoms with van der Waals surface area (Å²) in [6, 6.07) is 6.71. The minimum Gasteiger partial charge on any atom is -0.369 e. The first-order valence-corrected chi connectivity index (χ1v) is 7.22. The van der Waals surface area contributed by atoms with Crippen molar-refractivity contribution in [1.82, 2.24) is 5.32 Å². The molecule has 0 spiro atoms. The average molecular weight is 246 g/mol. The Morgan fingerprint density at radius 2 is 1.72 bits per heavy atom. The molecule has 1 aromatic carbocycles. The van der Waals surface area contributed by atoms with Crippen molar-refractivity contribution in [3.8, 4) is 0 Å². The van der Waals surface area contributed by atoms with Crippen molar-refractivity contribution >= 4 is 5.69 Å². The van der Waals surface area contributed by atoms with E-state index in [9.17, 15) is 0 Å². The van der Waals surface area contributed by atoms with Gasteiger partial charge in [0, 0.05) is 5.69 Å². The van der Waals surface area contributed by atoms with Gasteiger partial charge in [0.15, 0.2) is 0 Å². The third kappa shape index (κ3) is 2.86. The van der Waals surface area contributed by atoms with Crippen LogP contribution in [0.4, 0.5) is 5.69 Å². The molecule has 1 atom stereocenters. The Hall–Kier alpha value is -1.02. The molecule has 0 radical (unpaired) electrons. The zero-order valence-corrected chi connectivity index (χ0v) is 12.1. The van der Waals surface area contributed by atoms with E-state index >= 15 is 0 Å². The van der Waals surface area contributed by atoms with E-state index in [1.165, 1.54) is 29.7 Å². The maximum absolute atomic E-state index is 3.73. The summed E-state index contributed by atoms with van der Waals surface area (Å²) in [5, 5.41) is 7.26. The fourth-order valence-electron chi connectivity index (χ4n) is 2.70. The Balaban J connectivity index is 2.33. The SMILES string of the molecule is CC(C)c1cccc(C(C)C)c1N[C@H]1CCCN1. The van der Waals surface area contributed by atoms with Crippen LogP contribution in [0.2, 0.25) is 0 Å². The summed E-state index contributed by atoms with van der Waals surface area (Å²) in [6.45, 7) is 10.2. The van der Waals surface area contributed by atoms with Gasteiger partial charge in [-0.1, -0.05) is 45.9 Å². The first-order chi connectivity index (χ1) is 8.59. The summed E-state index contributed by atoms with van der Waals surface area (Å²) in [5.74, 6) is 1.13. The highest BCUT2D eigenvalue weighted by Gasteiger charge is 2.19. The number of hydrogen-bond donors (Lipinski definition) is 2. The Kier molecular flexibility index (Phi) is 4.28. The van der Waals surface area contributed by atoms with Gasteiger partial charge in [0.1, 0.15) is 0 Å². The highest BCUT2D eigenvalue weighted by molar-refractivity contribution is 5.60. The highest BCUT2D eigenvalue weighted by Crippen LogP contribution is 2.33. The normalized spacial score (nSPS) is 19.8. The maximum Gasteiger partial charge on any atom is 0.0768 e. The van der Waals surface area contributed by atoms with Crippen molar-refractivity contribution in [2.45, 2.75) is 58.5 Å². The predicted molar refractivity (Wildman–Crippen MR) is 79.3 cm³/mol. The molecule has 100 valence electrons. The number of nitrogens with one attached hydrogen (secondary N) is 2. The van der Waals surface area contributed by atoms with Crippen LogP contribution in [0.25, 0.3) is 0 Å². The summed E-state index contributed by atoms with van der Waals surface area (Å²) < 4.78 is 0. The Morgan fingerprint density at radius 3 is 2.17 bits per heavy atom. The second-order valence-electron chi connectivity index (χ2n) is 5.91. The molecule has 0 saturated carbocycles. The Labute approximate surface area is 111 Å². The van der Waals surface area contributed by atoms with Gasteiger partial charge in [-0.25, -0.2) is 0 Å². The van der Waals surface area contributed by atoms with Crippen molar-refractivity contribution < 1.29 is 0 Å². The molecule has 1 aromatic rings. The second-order valence-corrected chi connectivity index (χ2v) is 5.91. The van der Waals surface area contributed by atoms with E-state index in [1.54, 1.807) is 0 Å². The lowest BCUT2D eigenvalue weighted by atomic mass is 9.92. The highest BCUT2D eigenvalue weighted by atomic mass is 15.1. The number of anilines is 1. The van der Waals surface area contributed by atoms with E-state index in [0.717, 1.165) is 6.54 Å². The van der Waals surface area contributed by atoms with Gasteiger partial charge in [-0.2, -0.15) is 0 Å². The van der Waals surface area contributed by atoms with Gasteiger partial charge in [0.05, 0.1) is 6.17 Å². The van der Waals surface area contributed by atoms with Crippen molar-refractivity contribution in [1.29, 1.82) is 0 Å². The minimum absolute atomic E-state index is 0.447. The van der Waals surface area contributed by atoms with E-state index in [-0.39, 0.29) is 0 Å². The molecule has 1 aliphatic rings. The lowest BCUT2D eigenvalue weighted by Crippen LogP contribution is -2.30. The van der Waals surface area contributed by atoms with E-state index in [0.29, 0.717) is 18.0 Å². The van der Waals surface area contributed by atoms with Crippen LogP contribution in [0, 0.1) is 0 Å². The van der Waals surface area contributed by atoms with Crippen LogP contribution in [-0.4, -0.2) is 12.7 Å². The first kappa shape index (κ1) is 13.4. The summed E-state index contributed by atoms with van der Waals surface area (Å²) in [5.41, 5.74) is 4.24. The smallest absolute Gasteiger partial charge is 0.0768 e. The van der Waals surface area contributed by atoms with Crippen LogP contribution in [0.1, 0.15) is 63.5 Å². The Morgan fingerprint density at radius 1 is 1.11 bits per heavy atom. The summed E-state index contributed by atoms with van der Waals surface area (Å²) in [4.78, 5) is 0. The molecule has 2 rings (SSSR count). The van der Waals surface area contributed by atoms with Gasteiger partial charge in [-0.05, 0) is 42.3 Å². The van der Waals surface area contributed by atoms with Crippen LogP contribution in [0.5, 0.6) is 0 Å². The molecular formula is C16H26N2. The van der Waals surface area contributed by atoms with E-state index < -0.39 is 0 Å². The average Bonchev–Trinajstić information content (AvgIpc) is 2.81. The van der Waals surface area contributed by atoms with E-state index in [2.05, 4.69) is 56.5 Å². The Bertz CT molecular complexity index is 364. The van der Waals surface area contributed by atoms with Crippen LogP contribution in [0.3, 0.4) is 0 Å². The molecule has 1 heterocycles. The van der Waals surface area contributed by atoms with Gasteiger partial charge < -0.3 is 5.32 Å². The van der Waals surface area contributed by atoms with Crippen molar-refractivity contribution in [3.05, 3.63) is 29.3 Å². The number of benzene rings is 1. The van der Waals surface area contributed by atoms with Crippen molar-refractivity contribution in [2.24, 2.45) is 0 Å². The van der Waals surface area contributed by atoms with Crippen molar-refractivity contribution in [3.63, 3.8) is 0 Å². The molecule has 1 fully saturated rings. The van der Waals surface area contributed by atoms with E-state index in [4.69, 9.17) is 0 Å². The fraction of sp³-hybridized carbons (Fsp3) is 0.625. The summed E-state index contributed by atoms with van der Waals surface area (Å²) >= 11 is 0. The monoisotopic (exact) mass is 246 g/mol. The predicted octanol–water partition coefficient (Wildman–Crippen LogP) is 4.05. The van der Waals surface area contributed by atoms with Crippen molar-refractivity contribution in [2.75, 3.05) is 11.9 Å². The standard InChI is InChI=1S/C16H26N2/c1-11(2)13-7-5-8-14(12(3)4)16(13)18-15-9-6-10-17-15/h5,7-8,11-12,15,17-18H,6,9-10H2,1-4H3/t15-/m0/s1. The van der Waals surface area contributed by atoms with Crippen LogP contribution < -0.4 is 10.6 Å². The van der Waals surface area contributed by atoms with Gasteiger partial charge in [-0.15, -0.1) is 0 Å². The van der Waals surface area contributed by atoms with Crippen LogP contribution in [0.15, 0.2) is 18.2 Å². The van der Waals surface area contributed by atoms with Crippen LogP contribution in [-0.2, 0) is 0 Å². The number of hydrogen-bond acceptors (Lipinski definition) is 2. The molecular weight excluding hydrogens is 220 g/mol. The third-order valence-corrected chi connectivity index (χ3v) is 3.75. The molecule has 0 amide bonds. The van der Waals surface area contributed by atoms with E-state index in [1.807, 2.05) is 0 Å². The summed E-state index contributed by atoms with van der Waals surface area (Å²) in [7, 11) is 0. The number of rotatable bonds is 4. The largest absolute Gasteiger partial charge is 0.369 e. The first-order valence-electron chi connectivity index (χ1n) is 7.22. The quantitative estimate of drug-likeness (QED) is 0.837. The molecule has 18 heavy (non-hydrogen) atoms. The minimum atomic E-state index is 0.447. The third-order valence-electron chi connectivity index (χ3n) is 3.75. The molecule has 1 aliphatic heterocycles. The topological polar surface area (TPSA) is 24.1 Å². The van der Waals surface area contributed by atoms with Gasteiger partial charge in [-0.3, -0.25) is 5.32 Å². The van der Waals surface area contributed by atoms with Crippen LogP contribution >= 0.6 is 0 Å². The molecule has 0 bridgehead atoms. The summed E-state index contributed by atoms with van der Waals surface area (Å²) in [6.07, 6.45) is 2.95. The second kappa shape index (κ2) is 5.75. The molecule has 0 aromatic heterocycles. The van der Waals surface area contributed by atoms with Gasteiger partial charge in [0.25, 0.3) is 0 Å². The zero-order valence-electron chi connectivity index (χ0n) is 12.1. The lowest BCUT2D eigenvalue weighted by Gasteiger charge is -2.24. The molecule has 2 nitrogen and oxygen atoms in total. The molecule has 0 unspecified atom stereocenters.